The topological polar surface area (TPSA) is 109 Å². The van der Waals surface area contributed by atoms with E-state index in [4.69, 9.17) is 4.52 Å². The Labute approximate surface area is 130 Å². The van der Waals surface area contributed by atoms with Crippen molar-refractivity contribution < 1.29 is 18.5 Å². The van der Waals surface area contributed by atoms with E-state index in [0.717, 1.165) is 0 Å². The molecule has 1 aromatic carbocycles. The molecule has 0 radical (unpaired) electrons. The van der Waals surface area contributed by atoms with Gasteiger partial charge in [0.05, 0.1) is 0 Å². The summed E-state index contributed by atoms with van der Waals surface area (Å²) in [5, 5.41) is 11.5. The molecule has 2 unspecified atom stereocenters. The fourth-order valence-electron chi connectivity index (χ4n) is 2.12. The average molecular weight is 319 g/mol. The van der Waals surface area contributed by atoms with Gasteiger partial charge in [0.2, 0.25) is 17.6 Å². The number of nitrogens with one attached hydrogen (secondary N) is 3. The zero-order chi connectivity index (χ0) is 16.4. The van der Waals surface area contributed by atoms with Crippen LogP contribution >= 0.6 is 0 Å². The third-order valence-corrected chi connectivity index (χ3v) is 3.36. The zero-order valence-electron chi connectivity index (χ0n) is 12.2. The van der Waals surface area contributed by atoms with Crippen LogP contribution in [0.3, 0.4) is 0 Å². The minimum Gasteiger partial charge on any atom is -0.343 e. The second-order valence-electron chi connectivity index (χ2n) is 5.10. The molecule has 2 heterocycles. The summed E-state index contributed by atoms with van der Waals surface area (Å²) in [7, 11) is 0. The number of hydrogen-bond donors (Lipinski definition) is 3. The van der Waals surface area contributed by atoms with E-state index in [0.29, 0.717) is 11.4 Å². The molecule has 120 valence electrons. The Morgan fingerprint density at radius 3 is 2.83 bits per heavy atom. The van der Waals surface area contributed by atoms with Gasteiger partial charge < -0.3 is 20.5 Å². The number of carbonyl (C=O) groups is 2. The maximum atomic E-state index is 12.9. The lowest BCUT2D eigenvalue weighted by molar-refractivity contribution is -0.123. The normalized spacial score (nSPS) is 18.2. The van der Waals surface area contributed by atoms with E-state index in [1.165, 1.54) is 24.3 Å². The van der Waals surface area contributed by atoms with Gasteiger partial charge in [0, 0.05) is 12.1 Å². The van der Waals surface area contributed by atoms with E-state index in [-0.39, 0.29) is 30.2 Å². The van der Waals surface area contributed by atoms with E-state index < -0.39 is 12.1 Å². The Hall–Kier alpha value is -2.97. The molecule has 1 saturated heterocycles. The summed E-state index contributed by atoms with van der Waals surface area (Å²) in [5.74, 6) is -0.186. The van der Waals surface area contributed by atoms with Gasteiger partial charge in [0.25, 0.3) is 0 Å². The Balaban J connectivity index is 1.66. The van der Waals surface area contributed by atoms with Gasteiger partial charge in [-0.1, -0.05) is 5.16 Å². The number of carbonyl (C=O) groups excluding carboxylic acids is 2. The van der Waals surface area contributed by atoms with Crippen LogP contribution in [0.15, 0.2) is 28.8 Å². The van der Waals surface area contributed by atoms with E-state index in [2.05, 4.69) is 26.1 Å². The lowest BCUT2D eigenvalue weighted by atomic mass is 10.2. The van der Waals surface area contributed by atoms with E-state index in [1.54, 1.807) is 6.92 Å². The molecule has 3 amide bonds. The highest BCUT2D eigenvalue weighted by Crippen LogP contribution is 2.19. The van der Waals surface area contributed by atoms with Gasteiger partial charge in [-0.05, 0) is 31.2 Å². The first-order valence-corrected chi connectivity index (χ1v) is 6.97. The van der Waals surface area contributed by atoms with Crippen LogP contribution in [0.5, 0.6) is 0 Å². The number of hydrogen-bond acceptors (Lipinski definition) is 5. The molecule has 8 nitrogen and oxygen atoms in total. The van der Waals surface area contributed by atoms with Crippen LogP contribution in [0.1, 0.15) is 18.9 Å². The Bertz CT molecular complexity index is 730. The highest BCUT2D eigenvalue weighted by molar-refractivity contribution is 5.90. The first kappa shape index (κ1) is 14.9. The summed E-state index contributed by atoms with van der Waals surface area (Å²) in [6.45, 7) is 1.91. The van der Waals surface area contributed by atoms with Crippen molar-refractivity contribution in [3.05, 3.63) is 36.0 Å². The van der Waals surface area contributed by atoms with Crippen LogP contribution in [0.2, 0.25) is 0 Å². The van der Waals surface area contributed by atoms with Gasteiger partial charge >= 0.3 is 6.03 Å². The number of nitrogens with zero attached hydrogens (tertiary/aromatic N) is 2. The van der Waals surface area contributed by atoms with E-state index >= 15 is 0 Å². The van der Waals surface area contributed by atoms with Crippen molar-refractivity contribution >= 4 is 11.9 Å². The van der Waals surface area contributed by atoms with Crippen LogP contribution in [-0.4, -0.2) is 34.7 Å². The van der Waals surface area contributed by atoms with Crippen LogP contribution in [-0.2, 0) is 4.79 Å². The SMILES string of the molecule is CC(NC(=O)C1CNC(=O)N1)c1nc(-c2ccc(F)cc2)no1. The molecular formula is C14H14FN5O3. The van der Waals surface area contributed by atoms with Crippen molar-refractivity contribution in [2.24, 2.45) is 0 Å². The maximum Gasteiger partial charge on any atom is 0.315 e. The predicted octanol–water partition coefficient (Wildman–Crippen LogP) is 0.734. The number of urea groups is 1. The van der Waals surface area contributed by atoms with Crippen LogP contribution in [0.4, 0.5) is 9.18 Å². The molecule has 1 aliphatic rings. The second-order valence-corrected chi connectivity index (χ2v) is 5.10. The lowest BCUT2D eigenvalue weighted by Crippen LogP contribution is -2.43. The van der Waals surface area contributed by atoms with Crippen molar-refractivity contribution in [1.29, 1.82) is 0 Å². The van der Waals surface area contributed by atoms with E-state index in [1.807, 2.05) is 0 Å². The Morgan fingerprint density at radius 2 is 2.17 bits per heavy atom. The minimum absolute atomic E-state index is 0.218. The van der Waals surface area contributed by atoms with Gasteiger partial charge in [0.15, 0.2) is 0 Å². The molecule has 0 saturated carbocycles. The molecule has 1 aromatic heterocycles. The van der Waals surface area contributed by atoms with Crippen molar-refractivity contribution in [1.82, 2.24) is 26.1 Å². The number of benzene rings is 1. The van der Waals surface area contributed by atoms with Crippen molar-refractivity contribution in [2.75, 3.05) is 6.54 Å². The molecule has 1 aliphatic heterocycles. The predicted molar refractivity (Wildman–Crippen MR) is 76.6 cm³/mol. The second kappa shape index (κ2) is 6.03. The third-order valence-electron chi connectivity index (χ3n) is 3.36. The molecule has 1 fully saturated rings. The largest absolute Gasteiger partial charge is 0.343 e. The molecule has 0 aliphatic carbocycles. The molecule has 0 spiro atoms. The number of aromatic nitrogens is 2. The van der Waals surface area contributed by atoms with Gasteiger partial charge in [0.1, 0.15) is 17.9 Å². The van der Waals surface area contributed by atoms with Gasteiger partial charge in [-0.15, -0.1) is 0 Å². The van der Waals surface area contributed by atoms with E-state index in [9.17, 15) is 14.0 Å². The van der Waals surface area contributed by atoms with Crippen LogP contribution in [0, 0.1) is 5.82 Å². The van der Waals surface area contributed by atoms with Crippen molar-refractivity contribution in [3.8, 4) is 11.4 Å². The fraction of sp³-hybridized carbons (Fsp3) is 0.286. The van der Waals surface area contributed by atoms with Crippen molar-refractivity contribution in [2.45, 2.75) is 19.0 Å². The molecule has 3 rings (SSSR count). The molecule has 0 bridgehead atoms. The van der Waals surface area contributed by atoms with Crippen molar-refractivity contribution in [3.63, 3.8) is 0 Å². The van der Waals surface area contributed by atoms with Crippen LogP contribution < -0.4 is 16.0 Å². The Morgan fingerprint density at radius 1 is 1.43 bits per heavy atom. The highest BCUT2D eigenvalue weighted by Gasteiger charge is 2.28. The quantitative estimate of drug-likeness (QED) is 0.770. The highest BCUT2D eigenvalue weighted by atomic mass is 19.1. The molecule has 2 atom stereocenters. The zero-order valence-corrected chi connectivity index (χ0v) is 12.2. The molecule has 9 heteroatoms. The number of halogens is 1. The summed E-state index contributed by atoms with van der Waals surface area (Å²) in [6.07, 6.45) is 0. The first-order valence-electron chi connectivity index (χ1n) is 6.97. The fourth-order valence-corrected chi connectivity index (χ4v) is 2.12. The summed E-state index contributed by atoms with van der Waals surface area (Å²) < 4.78 is 18.0. The standard InChI is InChI=1S/C14H14FN5O3/c1-7(17-12(21)10-6-16-14(22)18-10)13-19-11(20-23-13)8-2-4-9(15)5-3-8/h2-5,7,10H,6H2,1H3,(H,17,21)(H2,16,18,22). The monoisotopic (exact) mass is 319 g/mol. The maximum absolute atomic E-state index is 12.9. The smallest absolute Gasteiger partial charge is 0.315 e. The third kappa shape index (κ3) is 3.28. The lowest BCUT2D eigenvalue weighted by Gasteiger charge is -2.13. The van der Waals surface area contributed by atoms with Gasteiger partial charge in [-0.3, -0.25) is 4.79 Å². The molecule has 3 N–H and O–H groups in total. The summed E-state index contributed by atoms with van der Waals surface area (Å²) in [5.41, 5.74) is 0.604. The first-order chi connectivity index (χ1) is 11.0. The summed E-state index contributed by atoms with van der Waals surface area (Å²) >= 11 is 0. The average Bonchev–Trinajstić information content (AvgIpc) is 3.17. The van der Waals surface area contributed by atoms with Crippen LogP contribution in [0.25, 0.3) is 11.4 Å². The van der Waals surface area contributed by atoms with Gasteiger partial charge in [-0.2, -0.15) is 4.98 Å². The molecular weight excluding hydrogens is 305 g/mol. The minimum atomic E-state index is -0.635. The number of amides is 3. The molecule has 23 heavy (non-hydrogen) atoms. The summed E-state index contributed by atoms with van der Waals surface area (Å²) in [6, 6.07) is 4.12. The molecule has 2 aromatic rings. The Kier molecular flexibility index (Phi) is 3.92. The number of rotatable bonds is 4. The summed E-state index contributed by atoms with van der Waals surface area (Å²) in [4.78, 5) is 27.2. The van der Waals surface area contributed by atoms with Gasteiger partial charge in [-0.25, -0.2) is 9.18 Å².